The lowest BCUT2D eigenvalue weighted by Gasteiger charge is -2.38. The van der Waals surface area contributed by atoms with E-state index in [1.165, 1.54) is 17.7 Å². The maximum atomic E-state index is 13.3. The molecule has 2 atom stereocenters. The minimum Gasteiger partial charge on any atom is -0.337 e. The predicted octanol–water partition coefficient (Wildman–Crippen LogP) is 3.10. The molecular weight excluding hydrogens is 355 g/mol. The third kappa shape index (κ3) is 2.99. The van der Waals surface area contributed by atoms with Crippen LogP contribution >= 0.6 is 0 Å². The van der Waals surface area contributed by atoms with Gasteiger partial charge >= 0.3 is 0 Å². The van der Waals surface area contributed by atoms with Gasteiger partial charge in [0.2, 0.25) is 0 Å². The van der Waals surface area contributed by atoms with Crippen LogP contribution in [-0.2, 0) is 13.1 Å². The topological polar surface area (TPSA) is 41.4 Å². The van der Waals surface area contributed by atoms with Crippen LogP contribution < -0.4 is 0 Å². The number of nitrogens with zero attached hydrogens (tertiary/aromatic N) is 4. The molecule has 4 heterocycles. The second-order valence-electron chi connectivity index (χ2n) is 7.54. The van der Waals surface area contributed by atoms with E-state index in [0.717, 1.165) is 30.9 Å². The van der Waals surface area contributed by atoms with Gasteiger partial charge in [-0.1, -0.05) is 12.1 Å². The van der Waals surface area contributed by atoms with Crippen LogP contribution in [0.2, 0.25) is 0 Å². The molecule has 0 radical (unpaired) electrons. The summed E-state index contributed by atoms with van der Waals surface area (Å²) < 4.78 is 15.4. The fraction of sp³-hybridized carbons (Fsp3) is 0.273. The molecule has 2 aliphatic heterocycles. The summed E-state index contributed by atoms with van der Waals surface area (Å²) >= 11 is 0. The normalized spacial score (nSPS) is 21.6. The molecule has 1 amide bonds. The molecule has 0 spiro atoms. The van der Waals surface area contributed by atoms with Crippen molar-refractivity contribution >= 4 is 5.91 Å². The van der Waals surface area contributed by atoms with Crippen molar-refractivity contribution in [2.24, 2.45) is 0 Å². The number of rotatable bonds is 4. The summed E-state index contributed by atoms with van der Waals surface area (Å²) in [4.78, 5) is 21.6. The number of hydrogen-bond acceptors (Lipinski definition) is 3. The Morgan fingerprint density at radius 3 is 2.43 bits per heavy atom. The maximum Gasteiger partial charge on any atom is 0.271 e. The first-order valence-corrected chi connectivity index (χ1v) is 9.52. The van der Waals surface area contributed by atoms with Crippen LogP contribution in [0.1, 0.15) is 27.7 Å². The van der Waals surface area contributed by atoms with Crippen LogP contribution in [0.15, 0.2) is 67.1 Å². The largest absolute Gasteiger partial charge is 0.337 e. The highest BCUT2D eigenvalue weighted by Gasteiger charge is 2.44. The van der Waals surface area contributed by atoms with Crippen LogP contribution in [0.4, 0.5) is 4.39 Å². The highest BCUT2D eigenvalue weighted by atomic mass is 19.1. The first-order chi connectivity index (χ1) is 13.7. The lowest BCUT2D eigenvalue weighted by Crippen LogP contribution is -2.49. The van der Waals surface area contributed by atoms with Crippen LogP contribution in [-0.4, -0.2) is 44.4 Å². The Hall–Kier alpha value is -2.99. The van der Waals surface area contributed by atoms with Gasteiger partial charge in [-0.05, 0) is 47.5 Å². The van der Waals surface area contributed by atoms with Gasteiger partial charge in [-0.15, -0.1) is 0 Å². The zero-order valence-electron chi connectivity index (χ0n) is 15.4. The van der Waals surface area contributed by atoms with Crippen molar-refractivity contribution < 1.29 is 9.18 Å². The number of hydrogen-bond donors (Lipinski definition) is 0. The highest BCUT2D eigenvalue weighted by Crippen LogP contribution is 2.35. The maximum absolute atomic E-state index is 13.3. The number of fused-ring (bicyclic) bond motifs is 3. The summed E-state index contributed by atoms with van der Waals surface area (Å²) in [7, 11) is 0. The summed E-state index contributed by atoms with van der Waals surface area (Å²) in [6, 6.07) is 14.6. The predicted molar refractivity (Wildman–Crippen MR) is 103 cm³/mol. The lowest BCUT2D eigenvalue weighted by atomic mass is 10.0. The first kappa shape index (κ1) is 17.1. The molecule has 1 aromatic carbocycles. The monoisotopic (exact) mass is 376 g/mol. The third-order valence-electron chi connectivity index (χ3n) is 5.77. The van der Waals surface area contributed by atoms with Gasteiger partial charge in [0.15, 0.2) is 0 Å². The molecule has 0 saturated carbocycles. The van der Waals surface area contributed by atoms with E-state index in [1.54, 1.807) is 12.1 Å². The second kappa shape index (κ2) is 6.87. The molecule has 3 aromatic rings. The summed E-state index contributed by atoms with van der Waals surface area (Å²) in [5.41, 5.74) is 2.90. The molecule has 0 unspecified atom stereocenters. The number of carbonyl (C=O) groups excluding carboxylic acids is 1. The Kier molecular flexibility index (Phi) is 4.20. The molecule has 2 aliphatic rings. The van der Waals surface area contributed by atoms with Gasteiger partial charge in [-0.25, -0.2) is 4.39 Å². The van der Waals surface area contributed by atoms with Gasteiger partial charge < -0.3 is 9.47 Å². The lowest BCUT2D eigenvalue weighted by molar-refractivity contribution is 0.0556. The van der Waals surface area contributed by atoms with Crippen LogP contribution in [0.25, 0.3) is 0 Å². The molecular formula is C22H21FN4O. The summed E-state index contributed by atoms with van der Waals surface area (Å²) in [6.07, 6.45) is 5.63. The molecule has 0 aliphatic carbocycles. The summed E-state index contributed by atoms with van der Waals surface area (Å²) in [5.74, 6) is -0.216. The number of carbonyl (C=O) groups is 1. The molecule has 1 fully saturated rings. The van der Waals surface area contributed by atoms with E-state index in [9.17, 15) is 9.18 Å². The zero-order valence-corrected chi connectivity index (χ0v) is 15.4. The quantitative estimate of drug-likeness (QED) is 0.703. The molecule has 5 rings (SSSR count). The Morgan fingerprint density at radius 1 is 0.929 bits per heavy atom. The second-order valence-corrected chi connectivity index (χ2v) is 7.54. The van der Waals surface area contributed by atoms with Crippen molar-refractivity contribution in [2.45, 2.75) is 25.2 Å². The van der Waals surface area contributed by atoms with E-state index in [0.29, 0.717) is 6.54 Å². The molecule has 6 heteroatoms. The fourth-order valence-electron chi connectivity index (χ4n) is 4.44. The Balaban J connectivity index is 1.43. The SMILES string of the molecule is O=C1c2cccn2[C@@H]2CN(Cc3ccncc3)C[C@H]2N1Cc1ccc(F)cc1. The van der Waals surface area contributed by atoms with Crippen LogP contribution in [0.5, 0.6) is 0 Å². The van der Waals surface area contributed by atoms with Crippen molar-refractivity contribution in [1.29, 1.82) is 0 Å². The third-order valence-corrected chi connectivity index (χ3v) is 5.77. The van der Waals surface area contributed by atoms with Crippen LogP contribution in [0, 0.1) is 5.82 Å². The average molecular weight is 376 g/mol. The van der Waals surface area contributed by atoms with E-state index >= 15 is 0 Å². The van der Waals surface area contributed by atoms with Gasteiger partial charge in [0.1, 0.15) is 11.5 Å². The van der Waals surface area contributed by atoms with Gasteiger partial charge in [0.25, 0.3) is 5.91 Å². The number of benzene rings is 1. The van der Waals surface area contributed by atoms with Crippen molar-refractivity contribution in [2.75, 3.05) is 13.1 Å². The number of pyridine rings is 1. The van der Waals surface area contributed by atoms with Gasteiger partial charge in [0.05, 0.1) is 12.1 Å². The molecule has 142 valence electrons. The van der Waals surface area contributed by atoms with Gasteiger partial charge in [-0.2, -0.15) is 0 Å². The Bertz CT molecular complexity index is 985. The number of amides is 1. The highest BCUT2D eigenvalue weighted by molar-refractivity contribution is 5.94. The minimum atomic E-state index is -0.259. The number of halogens is 1. The molecule has 28 heavy (non-hydrogen) atoms. The zero-order chi connectivity index (χ0) is 19.1. The fourth-order valence-corrected chi connectivity index (χ4v) is 4.44. The summed E-state index contributed by atoms with van der Waals surface area (Å²) in [5, 5.41) is 0. The van der Waals surface area contributed by atoms with Crippen molar-refractivity contribution in [3.8, 4) is 0 Å². The number of aromatic nitrogens is 2. The van der Waals surface area contributed by atoms with Crippen molar-refractivity contribution in [3.63, 3.8) is 0 Å². The molecule has 0 bridgehead atoms. The van der Waals surface area contributed by atoms with Crippen molar-refractivity contribution in [1.82, 2.24) is 19.4 Å². The minimum absolute atomic E-state index is 0.0429. The molecule has 0 N–H and O–H groups in total. The van der Waals surface area contributed by atoms with E-state index in [-0.39, 0.29) is 23.8 Å². The van der Waals surface area contributed by atoms with E-state index in [1.807, 2.05) is 47.8 Å². The van der Waals surface area contributed by atoms with E-state index in [4.69, 9.17) is 0 Å². The van der Waals surface area contributed by atoms with E-state index < -0.39 is 0 Å². The standard InChI is InChI=1S/C22H21FN4O/c23-18-5-3-16(4-6-18)13-27-21-15-25(12-17-7-9-24-10-8-17)14-20(21)26-11-1-2-19(26)22(27)28/h1-11,20-21H,12-15H2/t20-,21-/m1/s1. The Labute approximate surface area is 163 Å². The molecule has 5 nitrogen and oxygen atoms in total. The van der Waals surface area contributed by atoms with E-state index in [2.05, 4.69) is 14.5 Å². The average Bonchev–Trinajstić information content (AvgIpc) is 3.34. The number of likely N-dealkylation sites (tertiary alicyclic amines) is 1. The molecule has 2 aromatic heterocycles. The first-order valence-electron chi connectivity index (χ1n) is 9.52. The van der Waals surface area contributed by atoms with Gasteiger partial charge in [0, 0.05) is 44.8 Å². The van der Waals surface area contributed by atoms with Crippen LogP contribution in [0.3, 0.4) is 0 Å². The smallest absolute Gasteiger partial charge is 0.271 e. The molecule has 1 saturated heterocycles. The van der Waals surface area contributed by atoms with Crippen molar-refractivity contribution in [3.05, 3.63) is 89.8 Å². The van der Waals surface area contributed by atoms with Gasteiger partial charge in [-0.3, -0.25) is 14.7 Å². The Morgan fingerprint density at radius 2 is 1.64 bits per heavy atom. The summed E-state index contributed by atoms with van der Waals surface area (Å²) in [6.45, 7) is 3.04.